The second-order valence-corrected chi connectivity index (χ2v) is 12.0. The Hall–Kier alpha value is -3.78. The molecule has 0 spiro atoms. The predicted octanol–water partition coefficient (Wildman–Crippen LogP) is 7.51. The number of carbonyl (C=O) groups is 1. The summed E-state index contributed by atoms with van der Waals surface area (Å²) in [7, 11) is 0. The minimum absolute atomic E-state index is 0.0706. The van der Waals surface area contributed by atoms with Crippen molar-refractivity contribution in [2.45, 2.75) is 64.7 Å². The van der Waals surface area contributed by atoms with Crippen LogP contribution in [0.1, 0.15) is 68.0 Å². The van der Waals surface area contributed by atoms with Crippen LogP contribution < -0.4 is 10.1 Å². The molecule has 4 fully saturated rings. The SMILES string of the molecule is CCOc1ccc(NC(=O)/C(C#N)=C\c2cc(C)n(-c3ccc(C45CC6CC(CC(C6)C4)C5)cc3)c2C)cc1. The Labute approximate surface area is 231 Å². The van der Waals surface area contributed by atoms with Gasteiger partial charge in [-0.1, -0.05) is 12.1 Å². The number of aryl methyl sites for hydroxylation is 1. The molecule has 0 atom stereocenters. The van der Waals surface area contributed by atoms with Gasteiger partial charge < -0.3 is 14.6 Å². The molecule has 200 valence electrons. The average molecular weight is 520 g/mol. The molecule has 0 radical (unpaired) electrons. The fraction of sp³-hybridized carbons (Fsp3) is 0.412. The van der Waals surface area contributed by atoms with Crippen LogP contribution in [0.4, 0.5) is 5.69 Å². The number of nitrogens with zero attached hydrogens (tertiary/aromatic N) is 2. The highest BCUT2D eigenvalue weighted by atomic mass is 16.5. The second-order valence-electron chi connectivity index (χ2n) is 12.0. The van der Waals surface area contributed by atoms with Crippen LogP contribution in [0, 0.1) is 42.9 Å². The van der Waals surface area contributed by atoms with Crippen LogP contribution in [0.2, 0.25) is 0 Å². The van der Waals surface area contributed by atoms with Crippen molar-refractivity contribution in [1.82, 2.24) is 4.57 Å². The number of rotatable bonds is 7. The van der Waals surface area contributed by atoms with Gasteiger partial charge in [-0.3, -0.25) is 4.79 Å². The quantitative estimate of drug-likeness (QED) is 0.259. The molecular formula is C34H37N3O2. The molecule has 7 rings (SSSR count). The van der Waals surface area contributed by atoms with Crippen molar-refractivity contribution in [2.75, 3.05) is 11.9 Å². The van der Waals surface area contributed by atoms with E-state index in [0.29, 0.717) is 17.7 Å². The van der Waals surface area contributed by atoms with Crippen molar-refractivity contribution < 1.29 is 9.53 Å². The van der Waals surface area contributed by atoms with E-state index in [2.05, 4.69) is 47.1 Å². The van der Waals surface area contributed by atoms with Gasteiger partial charge in [-0.15, -0.1) is 0 Å². The van der Waals surface area contributed by atoms with Gasteiger partial charge in [0.25, 0.3) is 5.91 Å². The highest BCUT2D eigenvalue weighted by Gasteiger charge is 2.51. The summed E-state index contributed by atoms with van der Waals surface area (Å²) in [6.07, 6.45) is 10.2. The maximum absolute atomic E-state index is 12.9. The lowest BCUT2D eigenvalue weighted by Gasteiger charge is -2.57. The Morgan fingerprint density at radius 1 is 1.03 bits per heavy atom. The number of anilines is 1. The summed E-state index contributed by atoms with van der Waals surface area (Å²) in [6, 6.07) is 20.5. The van der Waals surface area contributed by atoms with Gasteiger partial charge in [0.2, 0.25) is 0 Å². The first-order valence-electron chi connectivity index (χ1n) is 14.3. The van der Waals surface area contributed by atoms with Crippen molar-refractivity contribution in [3.63, 3.8) is 0 Å². The van der Waals surface area contributed by atoms with Gasteiger partial charge in [0.1, 0.15) is 17.4 Å². The van der Waals surface area contributed by atoms with E-state index in [9.17, 15) is 10.1 Å². The first-order valence-corrected chi connectivity index (χ1v) is 14.3. The summed E-state index contributed by atoms with van der Waals surface area (Å²) in [5.74, 6) is 3.11. The fourth-order valence-corrected chi connectivity index (χ4v) is 8.06. The molecule has 1 aromatic heterocycles. The highest BCUT2D eigenvalue weighted by molar-refractivity contribution is 6.09. The second kappa shape index (κ2) is 10.1. The maximum atomic E-state index is 12.9. The first kappa shape index (κ1) is 25.5. The molecule has 2 aromatic carbocycles. The Morgan fingerprint density at radius 2 is 1.64 bits per heavy atom. The van der Waals surface area contributed by atoms with Gasteiger partial charge in [-0.2, -0.15) is 5.26 Å². The zero-order chi connectivity index (χ0) is 27.1. The van der Waals surface area contributed by atoms with Crippen LogP contribution in [0.3, 0.4) is 0 Å². The molecule has 4 aliphatic carbocycles. The summed E-state index contributed by atoms with van der Waals surface area (Å²) in [5, 5.41) is 12.6. The lowest BCUT2D eigenvalue weighted by atomic mass is 9.48. The maximum Gasteiger partial charge on any atom is 0.266 e. The normalized spacial score (nSPS) is 25.4. The van der Waals surface area contributed by atoms with Crippen molar-refractivity contribution in [1.29, 1.82) is 5.26 Å². The third kappa shape index (κ3) is 4.78. The summed E-state index contributed by atoms with van der Waals surface area (Å²) in [4.78, 5) is 12.9. The van der Waals surface area contributed by atoms with Crippen molar-refractivity contribution >= 4 is 17.7 Å². The van der Waals surface area contributed by atoms with Gasteiger partial charge in [-0.25, -0.2) is 0 Å². The molecule has 5 nitrogen and oxygen atoms in total. The summed E-state index contributed by atoms with van der Waals surface area (Å²) in [5.41, 5.74) is 6.68. The zero-order valence-electron chi connectivity index (χ0n) is 23.2. The van der Waals surface area contributed by atoms with E-state index in [1.54, 1.807) is 30.3 Å². The number of hydrogen-bond acceptors (Lipinski definition) is 3. The first-order chi connectivity index (χ1) is 18.9. The molecule has 0 unspecified atom stereocenters. The largest absolute Gasteiger partial charge is 0.494 e. The molecule has 1 amide bonds. The van der Waals surface area contributed by atoms with Crippen molar-refractivity contribution in [3.8, 4) is 17.5 Å². The predicted molar refractivity (Wildman–Crippen MR) is 155 cm³/mol. The van der Waals surface area contributed by atoms with Crippen LogP contribution in [-0.2, 0) is 10.2 Å². The van der Waals surface area contributed by atoms with E-state index >= 15 is 0 Å². The van der Waals surface area contributed by atoms with Gasteiger partial charge >= 0.3 is 0 Å². The Bertz CT molecular complexity index is 1420. The summed E-state index contributed by atoms with van der Waals surface area (Å²) in [6.45, 7) is 6.63. The number of benzene rings is 2. The van der Waals surface area contributed by atoms with Gasteiger partial charge in [0.15, 0.2) is 0 Å². The standard InChI is InChI=1S/C34H37N3O2/c1-4-39-32-11-7-30(8-12-32)36-33(38)28(21-35)17-27-13-22(2)37(23(27)3)31-9-5-29(6-10-31)34-18-24-14-25(19-34)16-26(15-24)20-34/h5-13,17,24-26H,4,14-16,18-20H2,1-3H3,(H,36,38)/b28-17-. The van der Waals surface area contributed by atoms with Gasteiger partial charge in [0.05, 0.1) is 6.61 Å². The van der Waals surface area contributed by atoms with E-state index in [1.807, 2.05) is 19.9 Å². The lowest BCUT2D eigenvalue weighted by molar-refractivity contribution is -0.112. The number of nitriles is 1. The summed E-state index contributed by atoms with van der Waals surface area (Å²) < 4.78 is 7.68. The fourth-order valence-electron chi connectivity index (χ4n) is 8.06. The van der Waals surface area contributed by atoms with E-state index in [0.717, 1.165) is 46.1 Å². The monoisotopic (exact) mass is 519 g/mol. The minimum Gasteiger partial charge on any atom is -0.494 e. The molecule has 5 heteroatoms. The average Bonchev–Trinajstić information content (AvgIpc) is 3.20. The van der Waals surface area contributed by atoms with E-state index in [1.165, 1.54) is 44.1 Å². The van der Waals surface area contributed by atoms with E-state index in [4.69, 9.17) is 4.74 Å². The van der Waals surface area contributed by atoms with E-state index < -0.39 is 5.91 Å². The van der Waals surface area contributed by atoms with Gasteiger partial charge in [0, 0.05) is 22.8 Å². The summed E-state index contributed by atoms with van der Waals surface area (Å²) >= 11 is 0. The molecule has 0 aliphatic heterocycles. The zero-order valence-corrected chi connectivity index (χ0v) is 23.2. The smallest absolute Gasteiger partial charge is 0.266 e. The number of nitrogens with one attached hydrogen (secondary N) is 1. The molecule has 3 aromatic rings. The minimum atomic E-state index is -0.425. The third-order valence-electron chi connectivity index (χ3n) is 9.33. The Kier molecular flexibility index (Phi) is 6.59. The van der Waals surface area contributed by atoms with Crippen molar-refractivity contribution in [3.05, 3.63) is 82.7 Å². The molecule has 0 saturated heterocycles. The third-order valence-corrected chi connectivity index (χ3v) is 9.33. The topological polar surface area (TPSA) is 67.0 Å². The van der Waals surface area contributed by atoms with Crippen LogP contribution >= 0.6 is 0 Å². The number of hydrogen-bond donors (Lipinski definition) is 1. The molecule has 39 heavy (non-hydrogen) atoms. The Balaban J connectivity index is 1.22. The number of carbonyl (C=O) groups excluding carboxylic acids is 1. The van der Waals surface area contributed by atoms with Crippen LogP contribution in [-0.4, -0.2) is 17.1 Å². The molecule has 1 heterocycles. The van der Waals surface area contributed by atoms with Crippen molar-refractivity contribution in [2.24, 2.45) is 17.8 Å². The highest BCUT2D eigenvalue weighted by Crippen LogP contribution is 2.60. The molecular weight excluding hydrogens is 482 g/mol. The molecule has 4 saturated carbocycles. The number of amides is 1. The molecule has 4 aliphatic rings. The number of ether oxygens (including phenoxy) is 1. The van der Waals surface area contributed by atoms with E-state index in [-0.39, 0.29) is 5.57 Å². The lowest BCUT2D eigenvalue weighted by Crippen LogP contribution is -2.48. The molecule has 4 bridgehead atoms. The number of aromatic nitrogens is 1. The van der Waals surface area contributed by atoms with Crippen LogP contribution in [0.25, 0.3) is 11.8 Å². The molecule has 1 N–H and O–H groups in total. The Morgan fingerprint density at radius 3 is 2.21 bits per heavy atom. The van der Waals surface area contributed by atoms with Crippen LogP contribution in [0.5, 0.6) is 5.75 Å². The van der Waals surface area contributed by atoms with Gasteiger partial charge in [-0.05, 0) is 142 Å². The van der Waals surface area contributed by atoms with Crippen LogP contribution in [0.15, 0.2) is 60.2 Å².